The summed E-state index contributed by atoms with van der Waals surface area (Å²) in [5, 5.41) is 9.30. The SMILES string of the molecule is CC(C)COC(=O)c1cccc(Cl)c1.O=C(O)c1ccccc1Cl. The number of benzene rings is 2. The van der Waals surface area contributed by atoms with Crippen molar-refractivity contribution in [3.05, 3.63) is 69.7 Å². The molecule has 2 aromatic rings. The number of rotatable bonds is 4. The monoisotopic (exact) mass is 368 g/mol. The fourth-order valence-electron chi connectivity index (χ4n) is 1.58. The highest BCUT2D eigenvalue weighted by molar-refractivity contribution is 6.33. The molecule has 0 spiro atoms. The van der Waals surface area contributed by atoms with Gasteiger partial charge < -0.3 is 9.84 Å². The first kappa shape index (κ1) is 20.0. The Morgan fingerprint density at radius 1 is 1.08 bits per heavy atom. The lowest BCUT2D eigenvalue weighted by Crippen LogP contribution is -2.09. The molecule has 4 nitrogen and oxygen atoms in total. The van der Waals surface area contributed by atoms with E-state index < -0.39 is 5.97 Å². The van der Waals surface area contributed by atoms with Crippen LogP contribution in [-0.4, -0.2) is 23.7 Å². The Morgan fingerprint density at radius 3 is 2.25 bits per heavy atom. The van der Waals surface area contributed by atoms with Gasteiger partial charge in [-0.05, 0) is 36.2 Å². The summed E-state index contributed by atoms with van der Waals surface area (Å²) < 4.78 is 5.05. The van der Waals surface area contributed by atoms with Crippen LogP contribution in [0.4, 0.5) is 0 Å². The number of carboxylic acid groups (broad SMARTS) is 1. The molecule has 0 amide bonds. The highest BCUT2D eigenvalue weighted by Gasteiger charge is 2.07. The third kappa shape index (κ3) is 7.02. The van der Waals surface area contributed by atoms with Gasteiger partial charge in [-0.2, -0.15) is 0 Å². The first-order valence-electron chi connectivity index (χ1n) is 7.21. The van der Waals surface area contributed by atoms with E-state index in [0.717, 1.165) is 0 Å². The molecule has 0 fully saturated rings. The fraction of sp³-hybridized carbons (Fsp3) is 0.222. The van der Waals surface area contributed by atoms with Gasteiger partial charge in [0.15, 0.2) is 0 Å². The smallest absolute Gasteiger partial charge is 0.338 e. The Hall–Kier alpha value is -2.04. The second kappa shape index (κ2) is 9.96. The number of hydrogen-bond acceptors (Lipinski definition) is 3. The lowest BCUT2D eigenvalue weighted by Gasteiger charge is -2.06. The van der Waals surface area contributed by atoms with E-state index in [-0.39, 0.29) is 16.6 Å². The van der Waals surface area contributed by atoms with Crippen LogP contribution in [-0.2, 0) is 4.74 Å². The molecular formula is C18H18Cl2O4. The molecule has 1 N–H and O–H groups in total. The van der Waals surface area contributed by atoms with Crippen molar-refractivity contribution in [1.29, 1.82) is 0 Å². The summed E-state index contributed by atoms with van der Waals surface area (Å²) >= 11 is 11.3. The molecule has 0 bridgehead atoms. The maximum atomic E-state index is 11.4. The molecule has 0 heterocycles. The summed E-state index contributed by atoms with van der Waals surface area (Å²) in [6.45, 7) is 4.42. The average Bonchev–Trinajstić information content (AvgIpc) is 2.53. The van der Waals surface area contributed by atoms with E-state index in [0.29, 0.717) is 23.1 Å². The van der Waals surface area contributed by atoms with Crippen molar-refractivity contribution < 1.29 is 19.4 Å². The van der Waals surface area contributed by atoms with Gasteiger partial charge in [0.25, 0.3) is 0 Å². The third-order valence-electron chi connectivity index (χ3n) is 2.71. The van der Waals surface area contributed by atoms with Crippen LogP contribution in [0.3, 0.4) is 0 Å². The molecule has 2 aromatic carbocycles. The molecule has 0 aliphatic rings. The molecular weight excluding hydrogens is 351 g/mol. The van der Waals surface area contributed by atoms with Crippen molar-refractivity contribution in [1.82, 2.24) is 0 Å². The molecule has 0 aliphatic carbocycles. The number of hydrogen-bond donors (Lipinski definition) is 1. The molecule has 0 radical (unpaired) electrons. The molecule has 0 unspecified atom stereocenters. The van der Waals surface area contributed by atoms with Gasteiger partial charge in [-0.1, -0.05) is 55.2 Å². The lowest BCUT2D eigenvalue weighted by molar-refractivity contribution is 0.0458. The van der Waals surface area contributed by atoms with Crippen LogP contribution in [0.25, 0.3) is 0 Å². The van der Waals surface area contributed by atoms with Crippen LogP contribution in [0.15, 0.2) is 48.5 Å². The van der Waals surface area contributed by atoms with Crippen molar-refractivity contribution in [2.24, 2.45) is 5.92 Å². The third-order valence-corrected chi connectivity index (χ3v) is 3.28. The first-order chi connectivity index (χ1) is 11.3. The van der Waals surface area contributed by atoms with Gasteiger partial charge in [0.2, 0.25) is 0 Å². The minimum atomic E-state index is -0.995. The summed E-state index contributed by atoms with van der Waals surface area (Å²) in [4.78, 5) is 21.8. The predicted octanol–water partition coefficient (Wildman–Crippen LogP) is 5.19. The van der Waals surface area contributed by atoms with E-state index in [1.807, 2.05) is 13.8 Å². The molecule has 0 saturated carbocycles. The summed E-state index contributed by atoms with van der Waals surface area (Å²) in [7, 11) is 0. The van der Waals surface area contributed by atoms with E-state index in [1.54, 1.807) is 42.5 Å². The van der Waals surface area contributed by atoms with Gasteiger partial charge in [-0.25, -0.2) is 9.59 Å². The molecule has 0 aliphatic heterocycles. The zero-order valence-corrected chi connectivity index (χ0v) is 14.8. The van der Waals surface area contributed by atoms with Crippen LogP contribution < -0.4 is 0 Å². The van der Waals surface area contributed by atoms with E-state index in [2.05, 4.69) is 0 Å². The number of carbonyl (C=O) groups excluding carboxylic acids is 1. The summed E-state index contributed by atoms with van der Waals surface area (Å²) in [5.74, 6) is -0.968. The molecule has 24 heavy (non-hydrogen) atoms. The Morgan fingerprint density at radius 2 is 1.75 bits per heavy atom. The second-order valence-corrected chi connectivity index (χ2v) is 6.13. The van der Waals surface area contributed by atoms with Gasteiger partial charge in [0.05, 0.1) is 22.8 Å². The Kier molecular flexibility index (Phi) is 8.30. The van der Waals surface area contributed by atoms with Crippen molar-refractivity contribution in [3.63, 3.8) is 0 Å². The van der Waals surface area contributed by atoms with Crippen LogP contribution in [0.2, 0.25) is 10.0 Å². The van der Waals surface area contributed by atoms with E-state index >= 15 is 0 Å². The number of ether oxygens (including phenoxy) is 1. The lowest BCUT2D eigenvalue weighted by atomic mass is 10.2. The fourth-order valence-corrected chi connectivity index (χ4v) is 1.98. The molecule has 0 saturated heterocycles. The van der Waals surface area contributed by atoms with Crippen LogP contribution in [0, 0.1) is 5.92 Å². The number of carbonyl (C=O) groups is 2. The zero-order valence-electron chi connectivity index (χ0n) is 13.3. The Labute approximate surface area is 151 Å². The molecule has 0 aromatic heterocycles. The number of esters is 1. The molecule has 6 heteroatoms. The standard InChI is InChI=1S/C11H13ClO2.C7H5ClO2/c1-8(2)7-14-11(13)9-4-3-5-10(12)6-9;8-6-4-2-1-3-5(6)7(9)10/h3-6,8H,7H2,1-2H3;1-4H,(H,9,10). The van der Waals surface area contributed by atoms with Crippen LogP contribution >= 0.6 is 23.2 Å². The van der Waals surface area contributed by atoms with Gasteiger partial charge >= 0.3 is 11.9 Å². The minimum Gasteiger partial charge on any atom is -0.478 e. The maximum Gasteiger partial charge on any atom is 0.338 e. The highest BCUT2D eigenvalue weighted by atomic mass is 35.5. The molecule has 0 atom stereocenters. The van der Waals surface area contributed by atoms with Gasteiger partial charge in [0, 0.05) is 5.02 Å². The van der Waals surface area contributed by atoms with E-state index in [1.165, 1.54) is 6.07 Å². The summed E-state index contributed by atoms with van der Waals surface area (Å²) in [6.07, 6.45) is 0. The zero-order chi connectivity index (χ0) is 18.1. The molecule has 128 valence electrons. The molecule has 2 rings (SSSR count). The number of halogens is 2. The second-order valence-electron chi connectivity index (χ2n) is 5.29. The van der Waals surface area contributed by atoms with Gasteiger partial charge in [-0.3, -0.25) is 0 Å². The van der Waals surface area contributed by atoms with Crippen molar-refractivity contribution >= 4 is 35.1 Å². The quantitative estimate of drug-likeness (QED) is 0.754. The first-order valence-corrected chi connectivity index (χ1v) is 7.97. The van der Waals surface area contributed by atoms with Crippen molar-refractivity contribution in [2.45, 2.75) is 13.8 Å². The topological polar surface area (TPSA) is 63.6 Å². The largest absolute Gasteiger partial charge is 0.478 e. The van der Waals surface area contributed by atoms with Crippen molar-refractivity contribution in [2.75, 3.05) is 6.61 Å². The predicted molar refractivity (Wildman–Crippen MR) is 95.0 cm³/mol. The van der Waals surface area contributed by atoms with Crippen molar-refractivity contribution in [3.8, 4) is 0 Å². The summed E-state index contributed by atoms with van der Waals surface area (Å²) in [6, 6.07) is 13.1. The normalized spacial score (nSPS) is 9.88. The van der Waals surface area contributed by atoms with Crippen LogP contribution in [0.1, 0.15) is 34.6 Å². The minimum absolute atomic E-state index is 0.143. The Bertz CT molecular complexity index is 699. The Balaban J connectivity index is 0.000000254. The van der Waals surface area contributed by atoms with Crippen LogP contribution in [0.5, 0.6) is 0 Å². The average molecular weight is 369 g/mol. The van der Waals surface area contributed by atoms with E-state index in [4.69, 9.17) is 33.0 Å². The van der Waals surface area contributed by atoms with E-state index in [9.17, 15) is 9.59 Å². The summed E-state index contributed by atoms with van der Waals surface area (Å²) in [5.41, 5.74) is 0.641. The van der Waals surface area contributed by atoms with Gasteiger partial charge in [0.1, 0.15) is 0 Å². The highest BCUT2D eigenvalue weighted by Crippen LogP contribution is 2.14. The van der Waals surface area contributed by atoms with Gasteiger partial charge in [-0.15, -0.1) is 0 Å². The maximum absolute atomic E-state index is 11.4. The number of aromatic carboxylic acids is 1. The number of carboxylic acids is 1.